The molecule has 3 rings (SSSR count). The average molecular weight is 291 g/mol. The number of nitrogens with two attached hydrogens (primary N) is 1. The van der Waals surface area contributed by atoms with E-state index in [2.05, 4.69) is 10.6 Å². The van der Waals surface area contributed by atoms with Crippen LogP contribution in [0.1, 0.15) is 23.2 Å². The lowest BCUT2D eigenvalue weighted by Crippen LogP contribution is -2.38. The molecule has 6 heteroatoms. The predicted molar refractivity (Wildman–Crippen MR) is 78.8 cm³/mol. The molecule has 0 radical (unpaired) electrons. The van der Waals surface area contributed by atoms with Crippen LogP contribution in [0.3, 0.4) is 0 Å². The Morgan fingerprint density at radius 1 is 1.50 bits per heavy atom. The summed E-state index contributed by atoms with van der Waals surface area (Å²) in [5, 5.41) is 5.64. The topological polar surface area (TPSA) is 84.2 Å². The number of benzene rings is 1. The van der Waals surface area contributed by atoms with Gasteiger partial charge in [-0.2, -0.15) is 0 Å². The first-order chi connectivity index (χ1) is 9.63. The SMILES string of the molecule is NC(CNC(=O)c1ccc2c(c1)NC(=O)CS2)C1CC1. The van der Waals surface area contributed by atoms with Crippen molar-refractivity contribution in [2.45, 2.75) is 23.8 Å². The van der Waals surface area contributed by atoms with Crippen LogP contribution in [0, 0.1) is 5.92 Å². The number of amides is 2. The Morgan fingerprint density at radius 2 is 2.30 bits per heavy atom. The number of hydrogen-bond donors (Lipinski definition) is 3. The van der Waals surface area contributed by atoms with E-state index in [1.54, 1.807) is 12.1 Å². The van der Waals surface area contributed by atoms with Gasteiger partial charge in [0.05, 0.1) is 11.4 Å². The molecule has 1 heterocycles. The summed E-state index contributed by atoms with van der Waals surface area (Å²) in [6, 6.07) is 5.42. The second-order valence-corrected chi connectivity index (χ2v) is 6.28. The van der Waals surface area contributed by atoms with Crippen LogP contribution in [-0.2, 0) is 4.79 Å². The molecule has 2 amide bonds. The lowest BCUT2D eigenvalue weighted by Gasteiger charge is -2.17. The van der Waals surface area contributed by atoms with Gasteiger partial charge in [0, 0.05) is 23.0 Å². The highest BCUT2D eigenvalue weighted by Crippen LogP contribution is 2.32. The first-order valence-corrected chi connectivity index (χ1v) is 7.72. The Hall–Kier alpha value is -1.53. The summed E-state index contributed by atoms with van der Waals surface area (Å²) >= 11 is 1.48. The van der Waals surface area contributed by atoms with Crippen molar-refractivity contribution in [3.05, 3.63) is 23.8 Å². The second-order valence-electron chi connectivity index (χ2n) is 5.26. The summed E-state index contributed by atoms with van der Waals surface area (Å²) in [5.41, 5.74) is 7.22. The van der Waals surface area contributed by atoms with Crippen LogP contribution in [0.4, 0.5) is 5.69 Å². The zero-order valence-corrected chi connectivity index (χ0v) is 11.8. The van der Waals surface area contributed by atoms with Gasteiger partial charge in [0.25, 0.3) is 5.91 Å². The molecule has 1 aromatic carbocycles. The number of nitrogens with one attached hydrogen (secondary N) is 2. The fourth-order valence-electron chi connectivity index (χ4n) is 2.23. The lowest BCUT2D eigenvalue weighted by molar-refractivity contribution is -0.113. The molecule has 1 aliphatic heterocycles. The minimum atomic E-state index is -0.145. The maximum Gasteiger partial charge on any atom is 0.251 e. The van der Waals surface area contributed by atoms with E-state index in [4.69, 9.17) is 5.73 Å². The molecular formula is C14H17N3O2S. The van der Waals surface area contributed by atoms with Crippen molar-refractivity contribution in [2.24, 2.45) is 11.7 Å². The quantitative estimate of drug-likeness (QED) is 0.778. The third kappa shape index (κ3) is 2.96. The molecule has 0 bridgehead atoms. The number of hydrogen-bond acceptors (Lipinski definition) is 4. The van der Waals surface area contributed by atoms with Gasteiger partial charge in [-0.3, -0.25) is 9.59 Å². The van der Waals surface area contributed by atoms with Crippen molar-refractivity contribution in [3.63, 3.8) is 0 Å². The Balaban J connectivity index is 1.65. The van der Waals surface area contributed by atoms with Crippen LogP contribution in [0.15, 0.2) is 23.1 Å². The summed E-state index contributed by atoms with van der Waals surface area (Å²) in [7, 11) is 0. The van der Waals surface area contributed by atoms with Crippen LogP contribution < -0.4 is 16.4 Å². The maximum absolute atomic E-state index is 12.1. The highest BCUT2D eigenvalue weighted by Gasteiger charge is 2.28. The minimum absolute atomic E-state index is 0.0317. The van der Waals surface area contributed by atoms with Gasteiger partial charge in [-0.1, -0.05) is 0 Å². The van der Waals surface area contributed by atoms with Crippen molar-refractivity contribution in [1.82, 2.24) is 5.32 Å². The molecular weight excluding hydrogens is 274 g/mol. The van der Waals surface area contributed by atoms with E-state index in [9.17, 15) is 9.59 Å². The number of anilines is 1. The second kappa shape index (κ2) is 5.46. The number of fused-ring (bicyclic) bond motifs is 1. The van der Waals surface area contributed by atoms with Crippen LogP contribution >= 0.6 is 11.8 Å². The van der Waals surface area contributed by atoms with Crippen molar-refractivity contribution in [1.29, 1.82) is 0 Å². The van der Waals surface area contributed by atoms with Gasteiger partial charge >= 0.3 is 0 Å². The van der Waals surface area contributed by atoms with Gasteiger partial charge in [0.1, 0.15) is 0 Å². The zero-order valence-electron chi connectivity index (χ0n) is 11.0. The highest BCUT2D eigenvalue weighted by atomic mass is 32.2. The molecule has 1 aromatic rings. The summed E-state index contributed by atoms with van der Waals surface area (Å²) in [4.78, 5) is 24.4. The molecule has 20 heavy (non-hydrogen) atoms. The van der Waals surface area contributed by atoms with Crippen LogP contribution in [-0.4, -0.2) is 30.2 Å². The summed E-state index contributed by atoms with van der Waals surface area (Å²) in [6.45, 7) is 0.502. The minimum Gasteiger partial charge on any atom is -0.350 e. The smallest absolute Gasteiger partial charge is 0.251 e. The van der Waals surface area contributed by atoms with Crippen molar-refractivity contribution in [2.75, 3.05) is 17.6 Å². The van der Waals surface area contributed by atoms with Gasteiger partial charge in [-0.05, 0) is 37.0 Å². The molecule has 106 valence electrons. The zero-order chi connectivity index (χ0) is 14.1. The van der Waals surface area contributed by atoms with E-state index in [1.165, 1.54) is 24.6 Å². The Kier molecular flexibility index (Phi) is 3.67. The first kappa shape index (κ1) is 13.5. The average Bonchev–Trinajstić information content (AvgIpc) is 3.28. The van der Waals surface area contributed by atoms with E-state index >= 15 is 0 Å². The van der Waals surface area contributed by atoms with Crippen molar-refractivity contribution in [3.8, 4) is 0 Å². The van der Waals surface area contributed by atoms with E-state index in [0.717, 1.165) is 4.90 Å². The standard InChI is InChI=1S/C14H17N3O2S/c15-10(8-1-2-8)6-16-14(19)9-3-4-12-11(5-9)17-13(18)7-20-12/h3-5,8,10H,1-2,6-7,15H2,(H,16,19)(H,17,18). The summed E-state index contributed by atoms with van der Waals surface area (Å²) < 4.78 is 0. The van der Waals surface area contributed by atoms with Gasteiger partial charge < -0.3 is 16.4 Å². The van der Waals surface area contributed by atoms with Crippen molar-refractivity contribution >= 4 is 29.3 Å². The largest absolute Gasteiger partial charge is 0.350 e. The summed E-state index contributed by atoms with van der Waals surface area (Å²) in [6.07, 6.45) is 2.33. The monoisotopic (exact) mass is 291 g/mol. The van der Waals surface area contributed by atoms with Crippen LogP contribution in [0.25, 0.3) is 0 Å². The number of carbonyl (C=O) groups is 2. The molecule has 0 spiro atoms. The molecule has 0 aromatic heterocycles. The van der Waals surface area contributed by atoms with E-state index in [0.29, 0.717) is 29.5 Å². The fourth-order valence-corrected chi connectivity index (χ4v) is 3.02. The van der Waals surface area contributed by atoms with Crippen molar-refractivity contribution < 1.29 is 9.59 Å². The molecule has 1 saturated carbocycles. The molecule has 4 N–H and O–H groups in total. The molecule has 1 atom stereocenters. The number of carbonyl (C=O) groups excluding carboxylic acids is 2. The normalized spacial score (nSPS) is 18.9. The fraction of sp³-hybridized carbons (Fsp3) is 0.429. The number of thioether (sulfide) groups is 1. The highest BCUT2D eigenvalue weighted by molar-refractivity contribution is 8.00. The molecule has 1 unspecified atom stereocenters. The Morgan fingerprint density at radius 3 is 3.05 bits per heavy atom. The Labute approximate surface area is 121 Å². The van der Waals surface area contributed by atoms with Gasteiger partial charge in [0.2, 0.25) is 5.91 Å². The van der Waals surface area contributed by atoms with E-state index in [-0.39, 0.29) is 17.9 Å². The third-order valence-corrected chi connectivity index (χ3v) is 4.67. The first-order valence-electron chi connectivity index (χ1n) is 6.74. The lowest BCUT2D eigenvalue weighted by atomic mass is 10.1. The van der Waals surface area contributed by atoms with Crippen LogP contribution in [0.2, 0.25) is 0 Å². The number of rotatable bonds is 4. The third-order valence-electron chi connectivity index (χ3n) is 3.60. The predicted octanol–water partition coefficient (Wildman–Crippen LogP) is 1.20. The van der Waals surface area contributed by atoms with Gasteiger partial charge in [0.15, 0.2) is 0 Å². The van der Waals surface area contributed by atoms with E-state index in [1.807, 2.05) is 6.07 Å². The molecule has 2 aliphatic rings. The molecule has 1 aliphatic carbocycles. The van der Waals surface area contributed by atoms with E-state index < -0.39 is 0 Å². The maximum atomic E-state index is 12.1. The molecule has 0 saturated heterocycles. The molecule has 1 fully saturated rings. The molecule has 5 nitrogen and oxygen atoms in total. The van der Waals surface area contributed by atoms with Gasteiger partial charge in [-0.25, -0.2) is 0 Å². The summed E-state index contributed by atoms with van der Waals surface area (Å²) in [5.74, 6) is 0.813. The Bertz CT molecular complexity index is 557. The van der Waals surface area contributed by atoms with Gasteiger partial charge in [-0.15, -0.1) is 11.8 Å². The van der Waals surface area contributed by atoms with Crippen LogP contribution in [0.5, 0.6) is 0 Å².